The zero-order chi connectivity index (χ0) is 14.8. The van der Waals surface area contributed by atoms with Crippen molar-refractivity contribution in [1.29, 1.82) is 0 Å². The normalized spacial score (nSPS) is 14.0. The van der Waals surface area contributed by atoms with Gasteiger partial charge in [-0.2, -0.15) is 0 Å². The van der Waals surface area contributed by atoms with Gasteiger partial charge in [-0.05, 0) is 42.3 Å². The molecule has 0 fully saturated rings. The second-order valence-corrected chi connectivity index (χ2v) is 5.38. The molecule has 1 aliphatic rings. The fourth-order valence-electron chi connectivity index (χ4n) is 2.15. The number of nitrogens with two attached hydrogens (primary N) is 1. The summed E-state index contributed by atoms with van der Waals surface area (Å²) in [5.74, 6) is 2.22. The van der Waals surface area contributed by atoms with Crippen LogP contribution in [0.3, 0.4) is 0 Å². The molecule has 0 bridgehead atoms. The number of hydrogen-bond donors (Lipinski definition) is 1. The van der Waals surface area contributed by atoms with Gasteiger partial charge >= 0.3 is 0 Å². The van der Waals surface area contributed by atoms with E-state index in [4.69, 9.17) is 31.5 Å². The van der Waals surface area contributed by atoms with Crippen LogP contribution in [0, 0.1) is 6.92 Å². The molecule has 0 spiro atoms. The average Bonchev–Trinajstić information content (AvgIpc) is 2.95. The van der Waals surface area contributed by atoms with Gasteiger partial charge < -0.3 is 19.9 Å². The molecule has 0 saturated carbocycles. The van der Waals surface area contributed by atoms with E-state index in [1.54, 1.807) is 6.07 Å². The standard InChI is InChI=1S/C16H16ClNO3/c1-10-2-4-12(17)7-15(10)19-8-13(18)11-3-5-14-16(6-11)21-9-20-14/h2-7,13H,8-9,18H2,1H3. The molecule has 3 rings (SSSR count). The van der Waals surface area contributed by atoms with E-state index >= 15 is 0 Å². The van der Waals surface area contributed by atoms with Crippen LogP contribution in [-0.2, 0) is 0 Å². The molecule has 1 heterocycles. The van der Waals surface area contributed by atoms with Crippen molar-refractivity contribution < 1.29 is 14.2 Å². The predicted octanol–water partition coefficient (Wildman–Crippen LogP) is 3.46. The van der Waals surface area contributed by atoms with Crippen LogP contribution in [0.2, 0.25) is 5.02 Å². The maximum Gasteiger partial charge on any atom is 0.231 e. The average molecular weight is 306 g/mol. The van der Waals surface area contributed by atoms with Crippen LogP contribution in [0.5, 0.6) is 17.2 Å². The molecule has 21 heavy (non-hydrogen) atoms. The van der Waals surface area contributed by atoms with E-state index in [0.717, 1.165) is 28.4 Å². The molecule has 4 nitrogen and oxygen atoms in total. The first-order chi connectivity index (χ1) is 10.1. The molecule has 1 aliphatic heterocycles. The Morgan fingerprint density at radius 2 is 2.00 bits per heavy atom. The molecule has 0 amide bonds. The molecule has 2 aromatic carbocycles. The van der Waals surface area contributed by atoms with Crippen molar-refractivity contribution >= 4 is 11.6 Å². The van der Waals surface area contributed by atoms with Crippen LogP contribution in [0.1, 0.15) is 17.2 Å². The van der Waals surface area contributed by atoms with E-state index < -0.39 is 0 Å². The Labute approximate surface area is 128 Å². The number of halogens is 1. The maximum absolute atomic E-state index is 6.17. The van der Waals surface area contributed by atoms with Gasteiger partial charge in [0, 0.05) is 5.02 Å². The minimum Gasteiger partial charge on any atom is -0.491 e. The Morgan fingerprint density at radius 3 is 2.86 bits per heavy atom. The van der Waals surface area contributed by atoms with E-state index in [-0.39, 0.29) is 12.8 Å². The van der Waals surface area contributed by atoms with E-state index in [1.165, 1.54) is 0 Å². The van der Waals surface area contributed by atoms with Crippen molar-refractivity contribution in [3.05, 3.63) is 52.5 Å². The molecule has 5 heteroatoms. The van der Waals surface area contributed by atoms with E-state index in [9.17, 15) is 0 Å². The first-order valence-electron chi connectivity index (χ1n) is 6.67. The fraction of sp³-hybridized carbons (Fsp3) is 0.250. The quantitative estimate of drug-likeness (QED) is 0.940. The first kappa shape index (κ1) is 14.0. The number of hydrogen-bond acceptors (Lipinski definition) is 4. The minimum absolute atomic E-state index is 0.252. The van der Waals surface area contributed by atoms with E-state index in [1.807, 2.05) is 37.3 Å². The van der Waals surface area contributed by atoms with Gasteiger partial charge in [0.2, 0.25) is 6.79 Å². The topological polar surface area (TPSA) is 53.7 Å². The number of aryl methyl sites for hydroxylation is 1. The third kappa shape index (κ3) is 3.06. The molecule has 0 radical (unpaired) electrons. The summed E-state index contributed by atoms with van der Waals surface area (Å²) in [6, 6.07) is 11.0. The van der Waals surface area contributed by atoms with Gasteiger partial charge in [0.25, 0.3) is 0 Å². The molecule has 0 aromatic heterocycles. The summed E-state index contributed by atoms with van der Waals surface area (Å²) in [4.78, 5) is 0. The SMILES string of the molecule is Cc1ccc(Cl)cc1OCC(N)c1ccc2c(c1)OCO2. The smallest absolute Gasteiger partial charge is 0.231 e. The summed E-state index contributed by atoms with van der Waals surface area (Å²) in [6.45, 7) is 2.59. The van der Waals surface area contributed by atoms with Gasteiger partial charge in [-0.3, -0.25) is 0 Å². The van der Waals surface area contributed by atoms with Gasteiger partial charge in [-0.25, -0.2) is 0 Å². The molecule has 2 aromatic rings. The van der Waals surface area contributed by atoms with E-state index in [2.05, 4.69) is 0 Å². The van der Waals surface area contributed by atoms with Crippen molar-refractivity contribution in [3.8, 4) is 17.2 Å². The molecule has 1 atom stereocenters. The fourth-order valence-corrected chi connectivity index (χ4v) is 2.31. The highest BCUT2D eigenvalue weighted by Crippen LogP contribution is 2.34. The molecule has 0 saturated heterocycles. The number of rotatable bonds is 4. The van der Waals surface area contributed by atoms with Crippen LogP contribution < -0.4 is 19.9 Å². The van der Waals surface area contributed by atoms with Crippen LogP contribution in [-0.4, -0.2) is 13.4 Å². The Morgan fingerprint density at radius 1 is 1.19 bits per heavy atom. The molecule has 0 aliphatic carbocycles. The zero-order valence-electron chi connectivity index (χ0n) is 11.6. The van der Waals surface area contributed by atoms with Crippen molar-refractivity contribution in [2.75, 3.05) is 13.4 Å². The number of benzene rings is 2. The number of ether oxygens (including phenoxy) is 3. The lowest BCUT2D eigenvalue weighted by Crippen LogP contribution is -2.19. The maximum atomic E-state index is 6.17. The van der Waals surface area contributed by atoms with Crippen LogP contribution >= 0.6 is 11.6 Å². The Balaban J connectivity index is 1.69. The zero-order valence-corrected chi connectivity index (χ0v) is 12.4. The van der Waals surface area contributed by atoms with Gasteiger partial charge in [0.05, 0.1) is 6.04 Å². The highest BCUT2D eigenvalue weighted by Gasteiger charge is 2.16. The molecule has 2 N–H and O–H groups in total. The first-order valence-corrected chi connectivity index (χ1v) is 7.05. The Kier molecular flexibility index (Phi) is 3.90. The molecular weight excluding hydrogens is 290 g/mol. The predicted molar refractivity (Wildman–Crippen MR) is 81.2 cm³/mol. The molecule has 1 unspecified atom stereocenters. The molecular formula is C16H16ClNO3. The van der Waals surface area contributed by atoms with Crippen LogP contribution in [0.15, 0.2) is 36.4 Å². The minimum atomic E-state index is -0.252. The van der Waals surface area contributed by atoms with Crippen LogP contribution in [0.25, 0.3) is 0 Å². The van der Waals surface area contributed by atoms with Crippen molar-refractivity contribution in [2.45, 2.75) is 13.0 Å². The number of fused-ring (bicyclic) bond motifs is 1. The van der Waals surface area contributed by atoms with Crippen LogP contribution in [0.4, 0.5) is 0 Å². The summed E-state index contributed by atoms with van der Waals surface area (Å²) in [6.07, 6.45) is 0. The van der Waals surface area contributed by atoms with Crippen molar-refractivity contribution in [1.82, 2.24) is 0 Å². The lowest BCUT2D eigenvalue weighted by Gasteiger charge is -2.15. The summed E-state index contributed by atoms with van der Waals surface area (Å²) in [5.41, 5.74) is 8.14. The lowest BCUT2D eigenvalue weighted by atomic mass is 10.1. The van der Waals surface area contributed by atoms with Gasteiger partial charge in [0.15, 0.2) is 11.5 Å². The summed E-state index contributed by atoms with van der Waals surface area (Å²) < 4.78 is 16.4. The largest absolute Gasteiger partial charge is 0.491 e. The van der Waals surface area contributed by atoms with Crippen molar-refractivity contribution in [3.63, 3.8) is 0 Å². The third-order valence-corrected chi connectivity index (χ3v) is 3.63. The summed E-state index contributed by atoms with van der Waals surface area (Å²) >= 11 is 5.97. The van der Waals surface area contributed by atoms with E-state index in [0.29, 0.717) is 11.6 Å². The second-order valence-electron chi connectivity index (χ2n) is 4.94. The highest BCUT2D eigenvalue weighted by molar-refractivity contribution is 6.30. The van der Waals surface area contributed by atoms with Gasteiger partial charge in [-0.1, -0.05) is 23.7 Å². The third-order valence-electron chi connectivity index (χ3n) is 3.39. The van der Waals surface area contributed by atoms with Gasteiger partial charge in [0.1, 0.15) is 12.4 Å². The second kappa shape index (κ2) is 5.84. The monoisotopic (exact) mass is 305 g/mol. The lowest BCUT2D eigenvalue weighted by molar-refractivity contribution is 0.174. The Hall–Kier alpha value is -1.91. The van der Waals surface area contributed by atoms with Crippen molar-refractivity contribution in [2.24, 2.45) is 5.73 Å². The van der Waals surface area contributed by atoms with Gasteiger partial charge in [-0.15, -0.1) is 0 Å². The molecule has 110 valence electrons. The summed E-state index contributed by atoms with van der Waals surface area (Å²) in [5, 5.41) is 0.646. The Bertz CT molecular complexity index is 660. The summed E-state index contributed by atoms with van der Waals surface area (Å²) in [7, 11) is 0. The highest BCUT2D eigenvalue weighted by atomic mass is 35.5.